The van der Waals surface area contributed by atoms with E-state index in [4.69, 9.17) is 0 Å². The first-order chi connectivity index (χ1) is 17.1. The van der Waals surface area contributed by atoms with E-state index in [9.17, 15) is 22.4 Å². The van der Waals surface area contributed by atoms with Gasteiger partial charge in [0.1, 0.15) is 21.5 Å². The highest BCUT2D eigenvalue weighted by molar-refractivity contribution is 7.91. The first-order valence-electron chi connectivity index (χ1n) is 12.5. The Morgan fingerprint density at radius 2 is 1.81 bits per heavy atom. The number of anilines is 2. The molecule has 8 nitrogen and oxygen atoms in total. The topological polar surface area (TPSA) is 108 Å². The SMILES string of the molecule is CC(=O)N1c2ccc(C(=O)NC3CCS(=O)(=O)CC3)cc2C(Nc2ccc(F)cn2)C(C)C1C1CC1. The molecule has 3 unspecified atom stereocenters. The lowest BCUT2D eigenvalue weighted by atomic mass is 9.79. The normalized spacial score (nSPS) is 25.6. The Morgan fingerprint density at radius 3 is 2.42 bits per heavy atom. The van der Waals surface area contributed by atoms with Gasteiger partial charge in [0.15, 0.2) is 0 Å². The fourth-order valence-corrected chi connectivity index (χ4v) is 7.12. The van der Waals surface area contributed by atoms with Gasteiger partial charge >= 0.3 is 0 Å². The maximum atomic E-state index is 13.5. The summed E-state index contributed by atoms with van der Waals surface area (Å²) in [6.45, 7) is 3.66. The number of nitrogens with zero attached hydrogens (tertiary/aromatic N) is 2. The minimum Gasteiger partial charge on any atom is -0.363 e. The summed E-state index contributed by atoms with van der Waals surface area (Å²) < 4.78 is 36.9. The Balaban J connectivity index is 1.48. The third-order valence-electron chi connectivity index (χ3n) is 7.61. The largest absolute Gasteiger partial charge is 0.363 e. The second kappa shape index (κ2) is 9.46. The van der Waals surface area contributed by atoms with E-state index in [0.717, 1.165) is 30.3 Å². The van der Waals surface area contributed by atoms with Crippen LogP contribution in [0.25, 0.3) is 0 Å². The molecule has 10 heteroatoms. The van der Waals surface area contributed by atoms with E-state index in [0.29, 0.717) is 30.1 Å². The van der Waals surface area contributed by atoms with E-state index in [1.165, 1.54) is 6.07 Å². The summed E-state index contributed by atoms with van der Waals surface area (Å²) >= 11 is 0. The molecule has 0 bridgehead atoms. The van der Waals surface area contributed by atoms with Gasteiger partial charge < -0.3 is 15.5 Å². The lowest BCUT2D eigenvalue weighted by Gasteiger charge is -2.46. The molecule has 1 aliphatic carbocycles. The molecule has 5 rings (SSSR count). The van der Waals surface area contributed by atoms with Crippen LogP contribution < -0.4 is 15.5 Å². The smallest absolute Gasteiger partial charge is 0.251 e. The lowest BCUT2D eigenvalue weighted by Crippen LogP contribution is -2.51. The Morgan fingerprint density at radius 1 is 1.08 bits per heavy atom. The molecule has 2 N–H and O–H groups in total. The first-order valence-corrected chi connectivity index (χ1v) is 14.3. The van der Waals surface area contributed by atoms with Gasteiger partial charge in [-0.25, -0.2) is 17.8 Å². The maximum absolute atomic E-state index is 13.5. The van der Waals surface area contributed by atoms with E-state index in [1.807, 2.05) is 11.0 Å². The van der Waals surface area contributed by atoms with Crippen molar-refractivity contribution in [3.05, 3.63) is 53.5 Å². The molecule has 1 aromatic heterocycles. The van der Waals surface area contributed by atoms with Gasteiger partial charge in [-0.2, -0.15) is 0 Å². The molecule has 0 spiro atoms. The van der Waals surface area contributed by atoms with Crippen molar-refractivity contribution in [2.45, 2.75) is 57.7 Å². The number of hydrogen-bond donors (Lipinski definition) is 2. The third-order valence-corrected chi connectivity index (χ3v) is 9.33. The number of hydrogen-bond acceptors (Lipinski definition) is 6. The molecule has 1 saturated heterocycles. The Kier molecular flexibility index (Phi) is 6.48. The van der Waals surface area contributed by atoms with E-state index in [2.05, 4.69) is 22.5 Å². The highest BCUT2D eigenvalue weighted by Gasteiger charge is 2.47. The number of fused-ring (bicyclic) bond motifs is 1. The molecule has 0 radical (unpaired) electrons. The van der Waals surface area contributed by atoms with Crippen molar-refractivity contribution >= 4 is 33.2 Å². The number of halogens is 1. The number of carbonyl (C=O) groups is 2. The molecule has 3 aliphatic rings. The number of benzene rings is 1. The van der Waals surface area contributed by atoms with Crippen LogP contribution in [0.1, 0.15) is 61.5 Å². The highest BCUT2D eigenvalue weighted by Crippen LogP contribution is 2.50. The lowest BCUT2D eigenvalue weighted by molar-refractivity contribution is -0.117. The summed E-state index contributed by atoms with van der Waals surface area (Å²) in [6, 6.07) is 7.85. The number of pyridine rings is 1. The Labute approximate surface area is 210 Å². The van der Waals surface area contributed by atoms with Gasteiger partial charge in [-0.15, -0.1) is 0 Å². The van der Waals surface area contributed by atoms with Gasteiger partial charge in [0.25, 0.3) is 5.91 Å². The van der Waals surface area contributed by atoms with Crippen molar-refractivity contribution in [1.82, 2.24) is 10.3 Å². The summed E-state index contributed by atoms with van der Waals surface area (Å²) in [6.07, 6.45) is 4.08. The molecule has 3 heterocycles. The molecule has 2 fully saturated rings. The van der Waals surface area contributed by atoms with Crippen LogP contribution in [0.2, 0.25) is 0 Å². The number of rotatable bonds is 5. The average molecular weight is 515 g/mol. The second-order valence-electron chi connectivity index (χ2n) is 10.2. The van der Waals surface area contributed by atoms with Crippen LogP contribution >= 0.6 is 0 Å². The van der Waals surface area contributed by atoms with Gasteiger partial charge in [-0.1, -0.05) is 6.92 Å². The van der Waals surface area contributed by atoms with Crippen molar-refractivity contribution in [2.24, 2.45) is 11.8 Å². The number of amides is 2. The van der Waals surface area contributed by atoms with Gasteiger partial charge in [-0.3, -0.25) is 9.59 Å². The van der Waals surface area contributed by atoms with E-state index >= 15 is 0 Å². The van der Waals surface area contributed by atoms with E-state index in [1.54, 1.807) is 25.1 Å². The quantitative estimate of drug-likeness (QED) is 0.633. The molecule has 2 aliphatic heterocycles. The van der Waals surface area contributed by atoms with Gasteiger partial charge in [0, 0.05) is 36.2 Å². The molecule has 3 atom stereocenters. The van der Waals surface area contributed by atoms with Crippen LogP contribution in [-0.2, 0) is 14.6 Å². The van der Waals surface area contributed by atoms with Crippen LogP contribution in [0.4, 0.5) is 15.9 Å². The predicted molar refractivity (Wildman–Crippen MR) is 135 cm³/mol. The van der Waals surface area contributed by atoms with Gasteiger partial charge in [0.05, 0.1) is 23.7 Å². The van der Waals surface area contributed by atoms with Crippen molar-refractivity contribution in [2.75, 3.05) is 21.7 Å². The zero-order valence-corrected chi connectivity index (χ0v) is 21.2. The van der Waals surface area contributed by atoms with E-state index < -0.39 is 15.7 Å². The number of aromatic nitrogens is 1. The van der Waals surface area contributed by atoms with Gasteiger partial charge in [0.2, 0.25) is 5.91 Å². The fourth-order valence-electron chi connectivity index (χ4n) is 5.63. The molecule has 2 aromatic rings. The van der Waals surface area contributed by atoms with Crippen molar-refractivity contribution in [3.8, 4) is 0 Å². The number of carbonyl (C=O) groups excluding carboxylic acids is 2. The van der Waals surface area contributed by atoms with Crippen LogP contribution in [0.15, 0.2) is 36.5 Å². The summed E-state index contributed by atoms with van der Waals surface area (Å²) in [5, 5.41) is 6.40. The number of nitrogens with one attached hydrogen (secondary N) is 2. The first kappa shape index (κ1) is 24.7. The maximum Gasteiger partial charge on any atom is 0.251 e. The van der Waals surface area contributed by atoms with Gasteiger partial charge in [-0.05, 0) is 67.5 Å². The second-order valence-corrected chi connectivity index (χ2v) is 12.5. The standard InChI is InChI=1S/C26H31FN4O4S/c1-15-24(30-23-8-6-19(27)14-28-23)21-13-18(26(33)29-20-9-11-36(34,35)12-10-20)5-7-22(21)31(16(2)32)25(15)17-3-4-17/h5-8,13-15,17,20,24-25H,3-4,9-12H2,1-2H3,(H,28,30)(H,29,33). The monoisotopic (exact) mass is 514 g/mol. The highest BCUT2D eigenvalue weighted by atomic mass is 32.2. The van der Waals surface area contributed by atoms with Crippen LogP contribution in [0, 0.1) is 17.7 Å². The molecule has 192 valence electrons. The summed E-state index contributed by atoms with van der Waals surface area (Å²) in [5.74, 6) is 0.356. The number of sulfone groups is 1. The average Bonchev–Trinajstić information content (AvgIpc) is 3.67. The Hall–Kier alpha value is -3.01. The van der Waals surface area contributed by atoms with Crippen molar-refractivity contribution in [1.29, 1.82) is 0 Å². The molecule has 1 saturated carbocycles. The fraction of sp³-hybridized carbons (Fsp3) is 0.500. The van der Waals surface area contributed by atoms with Crippen molar-refractivity contribution in [3.63, 3.8) is 0 Å². The minimum atomic E-state index is -3.02. The Bertz CT molecular complexity index is 1270. The third kappa shape index (κ3) is 4.96. The van der Waals surface area contributed by atoms with Crippen LogP contribution in [0.5, 0.6) is 0 Å². The van der Waals surface area contributed by atoms with Crippen molar-refractivity contribution < 1.29 is 22.4 Å². The zero-order valence-electron chi connectivity index (χ0n) is 20.4. The molecule has 1 aromatic carbocycles. The minimum absolute atomic E-state index is 0.0109. The van der Waals surface area contributed by atoms with E-state index in [-0.39, 0.29) is 47.4 Å². The summed E-state index contributed by atoms with van der Waals surface area (Å²) in [5.41, 5.74) is 2.01. The summed E-state index contributed by atoms with van der Waals surface area (Å²) in [7, 11) is -3.02. The molecule has 36 heavy (non-hydrogen) atoms. The van der Waals surface area contributed by atoms with Crippen LogP contribution in [0.3, 0.4) is 0 Å². The van der Waals surface area contributed by atoms with Crippen LogP contribution in [-0.4, -0.2) is 48.8 Å². The zero-order chi connectivity index (χ0) is 25.6. The summed E-state index contributed by atoms with van der Waals surface area (Å²) in [4.78, 5) is 32.0. The predicted octanol–water partition coefficient (Wildman–Crippen LogP) is 3.46. The molecular weight excluding hydrogens is 483 g/mol. The molecular formula is C26H31FN4O4S. The molecule has 2 amide bonds.